The van der Waals surface area contributed by atoms with Crippen LogP contribution in [0, 0.1) is 6.92 Å². The molecule has 0 saturated carbocycles. The molecule has 0 unspecified atom stereocenters. The molecule has 1 fully saturated rings. The number of nitrogens with one attached hydrogen (secondary N) is 1. The summed E-state index contributed by atoms with van der Waals surface area (Å²) in [5, 5.41) is 6.95. The highest BCUT2D eigenvalue weighted by Crippen LogP contribution is 2.14. The van der Waals surface area contributed by atoms with Crippen molar-refractivity contribution < 1.29 is 9.53 Å². The van der Waals surface area contributed by atoms with Crippen molar-refractivity contribution in [3.05, 3.63) is 28.0 Å². The van der Waals surface area contributed by atoms with Crippen molar-refractivity contribution in [1.29, 1.82) is 0 Å². The molecule has 2 aromatic rings. The third-order valence-electron chi connectivity index (χ3n) is 3.87. The van der Waals surface area contributed by atoms with Crippen LogP contribution in [0.5, 0.6) is 0 Å². The van der Waals surface area contributed by atoms with Crippen molar-refractivity contribution in [3.8, 4) is 0 Å². The number of carbonyl (C=O) groups is 1. The summed E-state index contributed by atoms with van der Waals surface area (Å²) in [5.74, 6) is 0.543. The lowest BCUT2D eigenvalue weighted by Crippen LogP contribution is -2.37. The highest BCUT2D eigenvalue weighted by Gasteiger charge is 2.17. The van der Waals surface area contributed by atoms with E-state index in [4.69, 9.17) is 4.74 Å². The highest BCUT2D eigenvalue weighted by atomic mass is 32.1. The van der Waals surface area contributed by atoms with Gasteiger partial charge in [0.2, 0.25) is 5.95 Å². The van der Waals surface area contributed by atoms with Gasteiger partial charge in [-0.2, -0.15) is 0 Å². The van der Waals surface area contributed by atoms with Crippen LogP contribution in [0.1, 0.15) is 40.1 Å². The summed E-state index contributed by atoms with van der Waals surface area (Å²) < 4.78 is 9.26. The Morgan fingerprint density at radius 1 is 1.36 bits per heavy atom. The Balaban J connectivity index is 1.67. The van der Waals surface area contributed by atoms with Gasteiger partial charge in [0.1, 0.15) is 4.88 Å². The first kappa shape index (κ1) is 17.7. The van der Waals surface area contributed by atoms with Gasteiger partial charge in [0, 0.05) is 18.8 Å². The molecule has 1 saturated heterocycles. The van der Waals surface area contributed by atoms with E-state index in [1.165, 1.54) is 0 Å². The molecule has 9 heteroatoms. The molecule has 0 spiro atoms. The first-order chi connectivity index (χ1) is 12.2. The van der Waals surface area contributed by atoms with Crippen LogP contribution in [-0.2, 0) is 17.7 Å². The lowest BCUT2D eigenvalue weighted by molar-refractivity contribution is 0.0953. The molecule has 2 aromatic heterocycles. The molecule has 0 aromatic carbocycles. The number of ether oxygens (including phenoxy) is 1. The molecule has 0 aliphatic carbocycles. The maximum absolute atomic E-state index is 12.4. The monoisotopic (exact) mass is 362 g/mol. The number of hydrogen-bond donors (Lipinski definition) is 1. The van der Waals surface area contributed by atoms with Gasteiger partial charge in [-0.3, -0.25) is 4.79 Å². The van der Waals surface area contributed by atoms with Gasteiger partial charge in [-0.1, -0.05) is 17.8 Å². The second-order valence-corrected chi connectivity index (χ2v) is 6.64. The van der Waals surface area contributed by atoms with Crippen molar-refractivity contribution >= 4 is 23.4 Å². The van der Waals surface area contributed by atoms with E-state index in [2.05, 4.69) is 36.7 Å². The maximum atomic E-state index is 12.4. The second-order valence-electron chi connectivity index (χ2n) is 5.88. The van der Waals surface area contributed by atoms with Gasteiger partial charge in [0.25, 0.3) is 5.91 Å². The Kier molecular flexibility index (Phi) is 5.87. The SMILES string of the molecule is CCCc1nnsc1C(=O)NCc1cc(C)nc(N2CCOCC2)n1. The number of carbonyl (C=O) groups excluding carboxylic acids is 1. The predicted molar refractivity (Wildman–Crippen MR) is 94.9 cm³/mol. The molecule has 1 aliphatic heterocycles. The fourth-order valence-corrected chi connectivity index (χ4v) is 3.27. The largest absolute Gasteiger partial charge is 0.378 e. The van der Waals surface area contributed by atoms with E-state index in [0.717, 1.165) is 54.5 Å². The molecule has 0 radical (unpaired) electrons. The highest BCUT2D eigenvalue weighted by molar-refractivity contribution is 7.08. The summed E-state index contributed by atoms with van der Waals surface area (Å²) in [6, 6.07) is 1.89. The van der Waals surface area contributed by atoms with Gasteiger partial charge < -0.3 is 15.0 Å². The van der Waals surface area contributed by atoms with E-state index in [-0.39, 0.29) is 5.91 Å². The number of nitrogens with zero attached hydrogens (tertiary/aromatic N) is 5. The quantitative estimate of drug-likeness (QED) is 0.829. The average Bonchev–Trinajstić information content (AvgIpc) is 3.09. The number of anilines is 1. The first-order valence-corrected chi connectivity index (χ1v) is 9.21. The smallest absolute Gasteiger partial charge is 0.265 e. The van der Waals surface area contributed by atoms with Crippen molar-refractivity contribution in [1.82, 2.24) is 24.9 Å². The number of amides is 1. The van der Waals surface area contributed by atoms with Crippen LogP contribution in [0.25, 0.3) is 0 Å². The van der Waals surface area contributed by atoms with Crippen LogP contribution >= 0.6 is 11.5 Å². The van der Waals surface area contributed by atoms with Gasteiger partial charge >= 0.3 is 0 Å². The summed E-state index contributed by atoms with van der Waals surface area (Å²) in [5.41, 5.74) is 2.43. The number of aromatic nitrogens is 4. The van der Waals surface area contributed by atoms with E-state index < -0.39 is 0 Å². The molecule has 25 heavy (non-hydrogen) atoms. The topological polar surface area (TPSA) is 93.1 Å². The molecule has 0 bridgehead atoms. The molecule has 1 N–H and O–H groups in total. The first-order valence-electron chi connectivity index (χ1n) is 8.44. The Labute approximate surface area is 150 Å². The minimum absolute atomic E-state index is 0.150. The van der Waals surface area contributed by atoms with Gasteiger partial charge in [0.15, 0.2) is 0 Å². The summed E-state index contributed by atoms with van der Waals surface area (Å²) in [7, 11) is 0. The van der Waals surface area contributed by atoms with E-state index in [9.17, 15) is 4.79 Å². The van der Waals surface area contributed by atoms with Crippen LogP contribution in [0.4, 0.5) is 5.95 Å². The summed E-state index contributed by atoms with van der Waals surface area (Å²) in [4.78, 5) is 24.2. The molecular formula is C16H22N6O2S. The molecule has 3 rings (SSSR count). The Hall–Kier alpha value is -2.13. The lowest BCUT2D eigenvalue weighted by Gasteiger charge is -2.27. The summed E-state index contributed by atoms with van der Waals surface area (Å²) in [6.45, 7) is 7.26. The molecule has 134 valence electrons. The molecule has 8 nitrogen and oxygen atoms in total. The second kappa shape index (κ2) is 8.30. The number of aryl methyl sites for hydroxylation is 2. The molecular weight excluding hydrogens is 340 g/mol. The van der Waals surface area contributed by atoms with Gasteiger partial charge in [-0.05, 0) is 30.9 Å². The van der Waals surface area contributed by atoms with Crippen molar-refractivity contribution in [2.75, 3.05) is 31.2 Å². The van der Waals surface area contributed by atoms with Crippen LogP contribution in [0.3, 0.4) is 0 Å². The third kappa shape index (κ3) is 4.49. The normalized spacial score (nSPS) is 14.6. The average molecular weight is 362 g/mol. The van der Waals surface area contributed by atoms with Gasteiger partial charge in [-0.15, -0.1) is 5.10 Å². The Morgan fingerprint density at radius 3 is 2.92 bits per heavy atom. The number of morpholine rings is 1. The van der Waals surface area contributed by atoms with Crippen molar-refractivity contribution in [2.45, 2.75) is 33.2 Å². The number of rotatable bonds is 6. The van der Waals surface area contributed by atoms with Gasteiger partial charge in [-0.25, -0.2) is 9.97 Å². The van der Waals surface area contributed by atoms with E-state index >= 15 is 0 Å². The number of hydrogen-bond acceptors (Lipinski definition) is 8. The Bertz CT molecular complexity index is 729. The van der Waals surface area contributed by atoms with Crippen molar-refractivity contribution in [3.63, 3.8) is 0 Å². The standard InChI is InChI=1S/C16H22N6O2S/c1-3-4-13-14(25-21-20-13)15(23)17-10-12-9-11(2)18-16(19-12)22-5-7-24-8-6-22/h9H,3-8,10H2,1-2H3,(H,17,23). The van der Waals surface area contributed by atoms with E-state index in [1.807, 2.05) is 13.0 Å². The zero-order chi connectivity index (χ0) is 17.6. The zero-order valence-corrected chi connectivity index (χ0v) is 15.3. The maximum Gasteiger partial charge on any atom is 0.265 e. The van der Waals surface area contributed by atoms with Crippen LogP contribution in [-0.4, -0.2) is 51.8 Å². The molecule has 0 atom stereocenters. The molecule has 1 amide bonds. The molecule has 1 aliphatic rings. The van der Waals surface area contributed by atoms with Crippen LogP contribution < -0.4 is 10.2 Å². The fraction of sp³-hybridized carbons (Fsp3) is 0.562. The van der Waals surface area contributed by atoms with E-state index in [1.54, 1.807) is 0 Å². The third-order valence-corrected chi connectivity index (χ3v) is 4.64. The van der Waals surface area contributed by atoms with Crippen LogP contribution in [0.2, 0.25) is 0 Å². The Morgan fingerprint density at radius 2 is 2.16 bits per heavy atom. The predicted octanol–water partition coefficient (Wildman–Crippen LogP) is 1.36. The summed E-state index contributed by atoms with van der Waals surface area (Å²) in [6.07, 6.45) is 1.69. The van der Waals surface area contributed by atoms with Crippen LogP contribution in [0.15, 0.2) is 6.07 Å². The minimum Gasteiger partial charge on any atom is -0.378 e. The summed E-state index contributed by atoms with van der Waals surface area (Å²) >= 11 is 1.13. The van der Waals surface area contributed by atoms with E-state index in [0.29, 0.717) is 30.6 Å². The minimum atomic E-state index is -0.150. The fourth-order valence-electron chi connectivity index (χ4n) is 2.64. The van der Waals surface area contributed by atoms with Crippen molar-refractivity contribution in [2.24, 2.45) is 0 Å². The zero-order valence-electron chi connectivity index (χ0n) is 14.5. The van der Waals surface area contributed by atoms with Gasteiger partial charge in [0.05, 0.1) is 31.1 Å². The lowest BCUT2D eigenvalue weighted by atomic mass is 10.2. The molecule has 3 heterocycles.